The molecule has 46 heavy (non-hydrogen) atoms. The van der Waals surface area contributed by atoms with Gasteiger partial charge in [-0.05, 0) is 104 Å². The molecule has 7 nitrogen and oxygen atoms in total. The molecule has 3 aliphatic heterocycles. The van der Waals surface area contributed by atoms with Crippen molar-refractivity contribution in [3.8, 4) is 11.5 Å². The first-order valence-electron chi connectivity index (χ1n) is 16.7. The van der Waals surface area contributed by atoms with Gasteiger partial charge in [0.05, 0.1) is 24.7 Å². The standard InChI is InChI=1S/C38H45ClN4O3/c1-23-16-33(39)36(17-24(23)2)46-31-14-15-42(22-31)29-10-8-26(9-11-29)32-18-28-19-40-20-34(41-28)37(32)38(44)43(30-12-13-30)21-27-6-5-7-35(45-4)25(27)3/h5-11,16-17,28,30-31,34,40-41H,12-15,18-22H2,1-4H3/t28-,31+,34-/m0/s1. The van der Waals surface area contributed by atoms with E-state index in [1.54, 1.807) is 7.11 Å². The van der Waals surface area contributed by atoms with Crippen LogP contribution in [0, 0.1) is 20.8 Å². The second-order valence-electron chi connectivity index (χ2n) is 13.5. The summed E-state index contributed by atoms with van der Waals surface area (Å²) in [6.45, 7) is 10.3. The first-order chi connectivity index (χ1) is 22.3. The molecule has 3 heterocycles. The van der Waals surface area contributed by atoms with Gasteiger partial charge in [-0.2, -0.15) is 0 Å². The van der Waals surface area contributed by atoms with Gasteiger partial charge in [0.15, 0.2) is 0 Å². The summed E-state index contributed by atoms with van der Waals surface area (Å²) >= 11 is 6.51. The summed E-state index contributed by atoms with van der Waals surface area (Å²) in [7, 11) is 1.70. The Bertz CT molecular complexity index is 1650. The third kappa shape index (κ3) is 6.25. The minimum atomic E-state index is -0.00365. The summed E-state index contributed by atoms with van der Waals surface area (Å²) < 4.78 is 12.0. The Morgan fingerprint density at radius 1 is 1.00 bits per heavy atom. The van der Waals surface area contributed by atoms with Crippen LogP contribution in [0.1, 0.15) is 53.5 Å². The average molecular weight is 641 g/mol. The average Bonchev–Trinajstić information content (AvgIpc) is 3.79. The molecule has 0 spiro atoms. The van der Waals surface area contributed by atoms with Crippen LogP contribution >= 0.6 is 11.6 Å². The molecular weight excluding hydrogens is 596 g/mol. The lowest BCUT2D eigenvalue weighted by atomic mass is 9.83. The number of rotatable bonds is 9. The molecule has 1 aliphatic carbocycles. The zero-order valence-electron chi connectivity index (χ0n) is 27.4. The fraction of sp³-hybridized carbons (Fsp3) is 0.447. The number of benzene rings is 3. The number of carbonyl (C=O) groups excluding carboxylic acids is 1. The largest absolute Gasteiger partial charge is 0.496 e. The molecule has 2 saturated heterocycles. The van der Waals surface area contributed by atoms with E-state index < -0.39 is 0 Å². The van der Waals surface area contributed by atoms with Crippen molar-refractivity contribution >= 4 is 28.8 Å². The summed E-state index contributed by atoms with van der Waals surface area (Å²) in [5, 5.41) is 8.00. The maximum absolute atomic E-state index is 14.6. The number of piperazine rings is 1. The van der Waals surface area contributed by atoms with E-state index in [9.17, 15) is 4.79 Å². The van der Waals surface area contributed by atoms with Gasteiger partial charge in [0, 0.05) is 55.9 Å². The van der Waals surface area contributed by atoms with Crippen molar-refractivity contribution in [1.82, 2.24) is 15.5 Å². The van der Waals surface area contributed by atoms with Crippen LogP contribution in [0.5, 0.6) is 11.5 Å². The fourth-order valence-electron chi connectivity index (χ4n) is 7.34. The molecule has 4 aliphatic rings. The van der Waals surface area contributed by atoms with Crippen molar-refractivity contribution in [2.75, 3.05) is 38.2 Å². The van der Waals surface area contributed by atoms with Crippen molar-refractivity contribution in [3.63, 3.8) is 0 Å². The normalized spacial score (nSPS) is 22.6. The predicted molar refractivity (Wildman–Crippen MR) is 185 cm³/mol. The van der Waals surface area contributed by atoms with Crippen LogP contribution in [-0.4, -0.2) is 68.3 Å². The highest BCUT2D eigenvalue weighted by Crippen LogP contribution is 2.38. The van der Waals surface area contributed by atoms with E-state index in [-0.39, 0.29) is 24.1 Å². The molecule has 0 aromatic heterocycles. The quantitative estimate of drug-likeness (QED) is 0.290. The van der Waals surface area contributed by atoms with Crippen molar-refractivity contribution in [1.29, 1.82) is 0 Å². The number of hydrogen-bond acceptors (Lipinski definition) is 6. The Morgan fingerprint density at radius 3 is 2.54 bits per heavy atom. The molecule has 3 aromatic rings. The maximum atomic E-state index is 14.6. The molecule has 3 atom stereocenters. The molecule has 8 heteroatoms. The number of nitrogens with one attached hydrogen (secondary N) is 2. The van der Waals surface area contributed by atoms with Crippen molar-refractivity contribution in [2.45, 2.75) is 77.2 Å². The molecule has 242 valence electrons. The number of fused-ring (bicyclic) bond motifs is 2. The highest BCUT2D eigenvalue weighted by molar-refractivity contribution is 6.32. The molecule has 0 unspecified atom stereocenters. The van der Waals surface area contributed by atoms with Gasteiger partial charge in [-0.15, -0.1) is 0 Å². The van der Waals surface area contributed by atoms with Gasteiger partial charge in [0.25, 0.3) is 5.91 Å². The lowest BCUT2D eigenvalue weighted by Gasteiger charge is -2.41. The van der Waals surface area contributed by atoms with Gasteiger partial charge >= 0.3 is 0 Å². The van der Waals surface area contributed by atoms with E-state index in [2.05, 4.69) is 71.5 Å². The Hall–Kier alpha value is -3.52. The van der Waals surface area contributed by atoms with Crippen molar-refractivity contribution in [3.05, 3.63) is 93.0 Å². The number of aryl methyl sites for hydroxylation is 2. The molecular formula is C38H45ClN4O3. The Labute approximate surface area is 277 Å². The van der Waals surface area contributed by atoms with Gasteiger partial charge in [0.1, 0.15) is 17.6 Å². The molecule has 2 bridgehead atoms. The first-order valence-corrected chi connectivity index (χ1v) is 17.1. The highest BCUT2D eigenvalue weighted by atomic mass is 35.5. The molecule has 1 saturated carbocycles. The molecule has 3 aromatic carbocycles. The van der Waals surface area contributed by atoms with E-state index in [0.717, 1.165) is 85.6 Å². The number of ether oxygens (including phenoxy) is 2. The first kappa shape index (κ1) is 31.1. The fourth-order valence-corrected chi connectivity index (χ4v) is 7.60. The van der Waals surface area contributed by atoms with Gasteiger partial charge in [0.2, 0.25) is 0 Å². The molecule has 1 amide bonds. The van der Waals surface area contributed by atoms with Crippen LogP contribution in [0.15, 0.2) is 60.2 Å². The van der Waals surface area contributed by atoms with Crippen LogP contribution in [0.25, 0.3) is 5.57 Å². The molecule has 3 fully saturated rings. The summed E-state index contributed by atoms with van der Waals surface area (Å²) in [6, 6.07) is 19.6. The Kier molecular flexibility index (Phi) is 8.75. The zero-order chi connectivity index (χ0) is 31.9. The van der Waals surface area contributed by atoms with Crippen LogP contribution in [0.4, 0.5) is 5.69 Å². The van der Waals surface area contributed by atoms with E-state index in [0.29, 0.717) is 17.6 Å². The lowest BCUT2D eigenvalue weighted by molar-refractivity contribution is -0.128. The number of halogens is 1. The smallest absolute Gasteiger partial charge is 0.252 e. The van der Waals surface area contributed by atoms with Crippen LogP contribution < -0.4 is 25.0 Å². The van der Waals surface area contributed by atoms with Crippen LogP contribution in [0.3, 0.4) is 0 Å². The van der Waals surface area contributed by atoms with E-state index >= 15 is 0 Å². The summed E-state index contributed by atoms with van der Waals surface area (Å²) in [5.41, 5.74) is 9.03. The number of nitrogens with zero attached hydrogens (tertiary/aromatic N) is 2. The van der Waals surface area contributed by atoms with Gasteiger partial charge < -0.3 is 29.9 Å². The minimum absolute atomic E-state index is 0.00365. The molecule has 0 radical (unpaired) electrons. The van der Waals surface area contributed by atoms with Gasteiger partial charge in [-0.25, -0.2) is 0 Å². The van der Waals surface area contributed by atoms with E-state index in [1.165, 1.54) is 22.4 Å². The summed E-state index contributed by atoms with van der Waals surface area (Å²) in [4.78, 5) is 19.1. The molecule has 7 rings (SSSR count). The number of anilines is 1. The number of carbonyl (C=O) groups is 1. The van der Waals surface area contributed by atoms with Crippen molar-refractivity contribution < 1.29 is 14.3 Å². The summed E-state index contributed by atoms with van der Waals surface area (Å²) in [6.07, 6.45) is 3.98. The van der Waals surface area contributed by atoms with Gasteiger partial charge in [-0.1, -0.05) is 35.9 Å². The van der Waals surface area contributed by atoms with Gasteiger partial charge in [-0.3, -0.25) is 4.79 Å². The summed E-state index contributed by atoms with van der Waals surface area (Å²) in [5.74, 6) is 1.79. The van der Waals surface area contributed by atoms with Crippen LogP contribution in [-0.2, 0) is 11.3 Å². The zero-order valence-corrected chi connectivity index (χ0v) is 28.1. The minimum Gasteiger partial charge on any atom is -0.496 e. The highest BCUT2D eigenvalue weighted by Gasteiger charge is 2.41. The molecule has 2 N–H and O–H groups in total. The van der Waals surface area contributed by atoms with E-state index in [4.69, 9.17) is 21.1 Å². The topological polar surface area (TPSA) is 66.1 Å². The maximum Gasteiger partial charge on any atom is 0.252 e. The predicted octanol–water partition coefficient (Wildman–Crippen LogP) is 6.21. The number of amides is 1. The Balaban J connectivity index is 1.13. The Morgan fingerprint density at radius 2 is 1.78 bits per heavy atom. The van der Waals surface area contributed by atoms with Crippen molar-refractivity contribution in [2.24, 2.45) is 0 Å². The third-order valence-corrected chi connectivity index (χ3v) is 10.6. The van der Waals surface area contributed by atoms with E-state index in [1.807, 2.05) is 24.3 Å². The monoisotopic (exact) mass is 640 g/mol. The van der Waals surface area contributed by atoms with Crippen LogP contribution in [0.2, 0.25) is 5.02 Å². The number of hydrogen-bond donors (Lipinski definition) is 2. The second-order valence-corrected chi connectivity index (χ2v) is 13.9. The second kappa shape index (κ2) is 12.9. The third-order valence-electron chi connectivity index (χ3n) is 10.3. The lowest BCUT2D eigenvalue weighted by Crippen LogP contribution is -2.60. The number of methoxy groups -OCH3 is 1. The SMILES string of the molecule is COc1cccc(CN(C(=O)C2=C(c3ccc(N4CC[C@@H](Oc5cc(C)c(C)cc5Cl)C4)cc3)C[C@H]3CNC[C@@H]2N3)C2CC2)c1C.